The standard InChI is InChI=1S/C10H14N2O6/c1-17-8-5(4-13)18-9(7(8)15)12-3-2-6(14)11-10(12)16/h2-3,5,7-9,13,15H,4H2,1H3,(H,11,14,16)/t5-,7-,8+,9-/m1/s1. The Morgan fingerprint density at radius 3 is 2.78 bits per heavy atom. The molecule has 0 bridgehead atoms. The van der Waals surface area contributed by atoms with Crippen LogP contribution < -0.4 is 11.2 Å². The monoisotopic (exact) mass is 258 g/mol. The van der Waals surface area contributed by atoms with Crippen molar-refractivity contribution < 1.29 is 19.7 Å². The molecule has 4 atom stereocenters. The van der Waals surface area contributed by atoms with Gasteiger partial charge < -0.3 is 19.7 Å². The predicted molar refractivity (Wildman–Crippen MR) is 59.1 cm³/mol. The zero-order chi connectivity index (χ0) is 13.3. The third kappa shape index (κ3) is 2.10. The molecule has 1 fully saturated rings. The number of aliphatic hydroxyl groups excluding tert-OH is 2. The number of aromatic amines is 1. The fourth-order valence-corrected chi connectivity index (χ4v) is 2.02. The van der Waals surface area contributed by atoms with E-state index in [1.54, 1.807) is 0 Å². The normalized spacial score (nSPS) is 31.7. The summed E-state index contributed by atoms with van der Waals surface area (Å²) in [5.74, 6) is 0. The lowest BCUT2D eigenvalue weighted by Crippen LogP contribution is -2.38. The number of hydrogen-bond donors (Lipinski definition) is 3. The van der Waals surface area contributed by atoms with Crippen molar-refractivity contribution in [1.29, 1.82) is 0 Å². The van der Waals surface area contributed by atoms with E-state index < -0.39 is 35.8 Å². The van der Waals surface area contributed by atoms with Gasteiger partial charge in [0.2, 0.25) is 0 Å². The number of rotatable bonds is 3. The summed E-state index contributed by atoms with van der Waals surface area (Å²) in [6, 6.07) is 1.14. The Bertz CT molecular complexity index is 524. The van der Waals surface area contributed by atoms with Gasteiger partial charge in [-0.2, -0.15) is 0 Å². The average Bonchev–Trinajstić information content (AvgIpc) is 2.66. The van der Waals surface area contributed by atoms with Crippen LogP contribution in [0, 0.1) is 0 Å². The first-order valence-electron chi connectivity index (χ1n) is 5.37. The Balaban J connectivity index is 2.34. The third-order valence-electron chi connectivity index (χ3n) is 2.89. The second-order valence-electron chi connectivity index (χ2n) is 3.96. The highest BCUT2D eigenvalue weighted by Crippen LogP contribution is 2.29. The minimum Gasteiger partial charge on any atom is -0.394 e. The smallest absolute Gasteiger partial charge is 0.330 e. The van der Waals surface area contributed by atoms with Crippen molar-refractivity contribution in [3.05, 3.63) is 33.1 Å². The molecule has 0 aromatic carbocycles. The van der Waals surface area contributed by atoms with Gasteiger partial charge >= 0.3 is 5.69 Å². The van der Waals surface area contributed by atoms with E-state index in [0.717, 1.165) is 10.6 Å². The summed E-state index contributed by atoms with van der Waals surface area (Å²) in [6.45, 7) is -0.343. The van der Waals surface area contributed by atoms with Crippen LogP contribution in [0.15, 0.2) is 21.9 Å². The van der Waals surface area contributed by atoms with Gasteiger partial charge in [-0.15, -0.1) is 0 Å². The van der Waals surface area contributed by atoms with E-state index in [9.17, 15) is 14.7 Å². The van der Waals surface area contributed by atoms with E-state index in [1.165, 1.54) is 13.3 Å². The molecule has 1 saturated heterocycles. The van der Waals surface area contributed by atoms with Crippen LogP contribution in [0.2, 0.25) is 0 Å². The van der Waals surface area contributed by atoms with Gasteiger partial charge in [-0.3, -0.25) is 14.3 Å². The molecule has 0 amide bonds. The van der Waals surface area contributed by atoms with E-state index >= 15 is 0 Å². The van der Waals surface area contributed by atoms with Crippen molar-refractivity contribution in [1.82, 2.24) is 9.55 Å². The van der Waals surface area contributed by atoms with E-state index in [-0.39, 0.29) is 6.61 Å². The number of aromatic nitrogens is 2. The molecule has 0 spiro atoms. The Morgan fingerprint density at radius 2 is 2.28 bits per heavy atom. The topological polar surface area (TPSA) is 114 Å². The number of nitrogens with one attached hydrogen (secondary N) is 1. The molecule has 2 rings (SSSR count). The van der Waals surface area contributed by atoms with Crippen molar-refractivity contribution in [2.75, 3.05) is 13.7 Å². The molecule has 8 nitrogen and oxygen atoms in total. The van der Waals surface area contributed by atoms with Crippen LogP contribution in [0.4, 0.5) is 0 Å². The van der Waals surface area contributed by atoms with Gasteiger partial charge in [0.1, 0.15) is 18.3 Å². The molecule has 0 aliphatic carbocycles. The van der Waals surface area contributed by atoms with Gasteiger partial charge in [-0.05, 0) is 0 Å². The lowest BCUT2D eigenvalue weighted by molar-refractivity contribution is -0.0569. The summed E-state index contributed by atoms with van der Waals surface area (Å²) in [7, 11) is 1.37. The highest BCUT2D eigenvalue weighted by atomic mass is 16.6. The summed E-state index contributed by atoms with van der Waals surface area (Å²) in [5, 5.41) is 19.1. The number of nitrogens with zero attached hydrogens (tertiary/aromatic N) is 1. The maximum Gasteiger partial charge on any atom is 0.330 e. The quantitative estimate of drug-likeness (QED) is 0.567. The van der Waals surface area contributed by atoms with E-state index in [0.29, 0.717) is 0 Å². The molecule has 1 aliphatic rings. The van der Waals surface area contributed by atoms with Gasteiger partial charge in [0.25, 0.3) is 5.56 Å². The lowest BCUT2D eigenvalue weighted by atomic mass is 10.1. The zero-order valence-electron chi connectivity index (χ0n) is 9.65. The molecule has 1 aromatic rings. The van der Waals surface area contributed by atoms with Gasteiger partial charge in [0, 0.05) is 19.4 Å². The molecule has 0 radical (unpaired) electrons. The molecule has 0 saturated carbocycles. The number of ether oxygens (including phenoxy) is 2. The number of methoxy groups -OCH3 is 1. The van der Waals surface area contributed by atoms with E-state index in [1.807, 2.05) is 0 Å². The fraction of sp³-hybridized carbons (Fsp3) is 0.600. The average molecular weight is 258 g/mol. The summed E-state index contributed by atoms with van der Waals surface area (Å²) in [6.07, 6.45) is -2.36. The number of hydrogen-bond acceptors (Lipinski definition) is 6. The van der Waals surface area contributed by atoms with Crippen LogP contribution >= 0.6 is 0 Å². The van der Waals surface area contributed by atoms with Crippen LogP contribution in [0.1, 0.15) is 6.23 Å². The van der Waals surface area contributed by atoms with Crippen LogP contribution in [-0.2, 0) is 9.47 Å². The first-order valence-corrected chi connectivity index (χ1v) is 5.37. The van der Waals surface area contributed by atoms with Gasteiger partial charge in [0.05, 0.1) is 6.61 Å². The molecular formula is C10H14N2O6. The second kappa shape index (κ2) is 5.02. The van der Waals surface area contributed by atoms with Crippen molar-refractivity contribution in [3.63, 3.8) is 0 Å². The highest BCUT2D eigenvalue weighted by Gasteiger charge is 2.44. The fourth-order valence-electron chi connectivity index (χ4n) is 2.02. The summed E-state index contributed by atoms with van der Waals surface area (Å²) >= 11 is 0. The molecule has 8 heteroatoms. The van der Waals surface area contributed by atoms with Crippen molar-refractivity contribution in [2.24, 2.45) is 0 Å². The summed E-state index contributed by atoms with van der Waals surface area (Å²) < 4.78 is 11.4. The highest BCUT2D eigenvalue weighted by molar-refractivity contribution is 4.93. The molecule has 18 heavy (non-hydrogen) atoms. The second-order valence-corrected chi connectivity index (χ2v) is 3.96. The van der Waals surface area contributed by atoms with Gasteiger partial charge in [0.15, 0.2) is 6.23 Å². The lowest BCUT2D eigenvalue weighted by Gasteiger charge is -2.17. The largest absolute Gasteiger partial charge is 0.394 e. The summed E-state index contributed by atoms with van der Waals surface area (Å²) in [5.41, 5.74) is -1.23. The van der Waals surface area contributed by atoms with Crippen molar-refractivity contribution in [3.8, 4) is 0 Å². The summed E-state index contributed by atoms with van der Waals surface area (Å²) in [4.78, 5) is 24.6. The van der Waals surface area contributed by atoms with Gasteiger partial charge in [-0.1, -0.05) is 0 Å². The van der Waals surface area contributed by atoms with Crippen LogP contribution in [0.3, 0.4) is 0 Å². The Kier molecular flexibility index (Phi) is 3.62. The van der Waals surface area contributed by atoms with E-state index in [2.05, 4.69) is 4.98 Å². The molecule has 1 aromatic heterocycles. The predicted octanol–water partition coefficient (Wildman–Crippen LogP) is -2.20. The number of aliphatic hydroxyl groups is 2. The van der Waals surface area contributed by atoms with Crippen LogP contribution in [-0.4, -0.2) is 51.8 Å². The maximum atomic E-state index is 11.6. The Hall–Kier alpha value is -1.48. The van der Waals surface area contributed by atoms with Crippen LogP contribution in [0.5, 0.6) is 0 Å². The first kappa shape index (κ1) is 13.0. The zero-order valence-corrected chi connectivity index (χ0v) is 9.65. The van der Waals surface area contributed by atoms with E-state index in [4.69, 9.17) is 14.6 Å². The molecule has 100 valence electrons. The van der Waals surface area contributed by atoms with Crippen molar-refractivity contribution >= 4 is 0 Å². The van der Waals surface area contributed by atoms with Crippen molar-refractivity contribution in [2.45, 2.75) is 24.5 Å². The minimum atomic E-state index is -1.12. The third-order valence-corrected chi connectivity index (χ3v) is 2.89. The molecule has 2 heterocycles. The Labute approximate surface area is 101 Å². The first-order chi connectivity index (χ1) is 8.58. The molecular weight excluding hydrogens is 244 g/mol. The molecule has 3 N–H and O–H groups in total. The SMILES string of the molecule is CO[C@@H]1[C@@H](O)[C@H](n2ccc(=O)[nH]c2=O)O[C@@H]1CO. The molecule has 0 unspecified atom stereocenters. The maximum absolute atomic E-state index is 11.6. The van der Waals surface area contributed by atoms with Crippen LogP contribution in [0.25, 0.3) is 0 Å². The number of H-pyrrole nitrogens is 1. The molecule has 1 aliphatic heterocycles. The Morgan fingerprint density at radius 1 is 1.56 bits per heavy atom. The minimum absolute atomic E-state index is 0.343. The van der Waals surface area contributed by atoms with Gasteiger partial charge in [-0.25, -0.2) is 4.79 Å².